The van der Waals surface area contributed by atoms with Gasteiger partial charge in [0.25, 0.3) is 0 Å². The molecule has 0 aliphatic rings. The zero-order valence-electron chi connectivity index (χ0n) is 8.96. The Kier molecular flexibility index (Phi) is 17.0. The molecule has 0 saturated carbocycles. The molecule has 0 heterocycles. The van der Waals surface area contributed by atoms with Gasteiger partial charge in [-0.05, 0) is 0 Å². The van der Waals surface area contributed by atoms with E-state index in [4.69, 9.17) is 18.9 Å². The lowest BCUT2D eigenvalue weighted by atomic mass is 10.8. The molecule has 0 atom stereocenters. The third kappa shape index (κ3) is 10.9. The molecule has 0 aliphatic carbocycles. The molecule has 0 aromatic rings. The summed E-state index contributed by atoms with van der Waals surface area (Å²) in [7, 11) is 6.43. The molecule has 6 heteroatoms. The van der Waals surface area contributed by atoms with Crippen LogP contribution in [0.2, 0.25) is 0 Å². The Morgan fingerprint density at radius 2 is 0.929 bits per heavy atom. The van der Waals surface area contributed by atoms with Crippen LogP contribution in [0.1, 0.15) is 0 Å². The number of halogens is 2. The predicted octanol–water partition coefficient (Wildman–Crippen LogP) is 2.00. The second-order valence-electron chi connectivity index (χ2n) is 2.11. The second-order valence-corrected chi connectivity index (χ2v) is 3.41. The van der Waals surface area contributed by atoms with Gasteiger partial charge in [0.15, 0.2) is 12.6 Å². The zero-order chi connectivity index (χ0) is 11.4. The van der Waals surface area contributed by atoms with E-state index in [0.717, 1.165) is 10.7 Å². The number of rotatable bonds is 6. The van der Waals surface area contributed by atoms with Gasteiger partial charge in [-0.3, -0.25) is 0 Å². The number of methoxy groups -OCH3 is 4. The minimum Gasteiger partial charge on any atom is -0.355 e. The molecule has 0 saturated heterocycles. The molecule has 0 fully saturated rings. The van der Waals surface area contributed by atoms with Crippen LogP contribution in [0.5, 0.6) is 0 Å². The van der Waals surface area contributed by atoms with Crippen molar-refractivity contribution < 1.29 is 18.9 Å². The Morgan fingerprint density at radius 1 is 0.714 bits per heavy atom. The molecule has 14 heavy (non-hydrogen) atoms. The first kappa shape index (κ1) is 17.2. The normalized spacial score (nSPS) is 10.3. The van der Waals surface area contributed by atoms with E-state index >= 15 is 0 Å². The monoisotopic (exact) mass is 336 g/mol. The fourth-order valence-corrected chi connectivity index (χ4v) is 1.50. The molecule has 0 aliphatic heterocycles. The highest BCUT2D eigenvalue weighted by atomic mass is 79.9. The highest BCUT2D eigenvalue weighted by Gasteiger charge is 1.98. The van der Waals surface area contributed by atoms with E-state index in [-0.39, 0.29) is 12.6 Å². The Balaban J connectivity index is 0. The van der Waals surface area contributed by atoms with Gasteiger partial charge in [-0.15, -0.1) is 0 Å². The maximum absolute atomic E-state index is 4.78. The van der Waals surface area contributed by atoms with Crippen LogP contribution in [0.4, 0.5) is 0 Å². The lowest BCUT2D eigenvalue weighted by Gasteiger charge is -2.07. The van der Waals surface area contributed by atoms with Crippen molar-refractivity contribution in [2.24, 2.45) is 0 Å². The smallest absolute Gasteiger partial charge is 0.166 e. The molecule has 0 spiro atoms. The quantitative estimate of drug-likeness (QED) is 0.548. The Bertz CT molecular complexity index is 74.3. The van der Waals surface area contributed by atoms with Crippen LogP contribution in [0, 0.1) is 0 Å². The molecule has 0 aromatic carbocycles. The van der Waals surface area contributed by atoms with E-state index < -0.39 is 0 Å². The van der Waals surface area contributed by atoms with E-state index in [0.29, 0.717) is 0 Å². The van der Waals surface area contributed by atoms with E-state index in [9.17, 15) is 0 Å². The summed E-state index contributed by atoms with van der Waals surface area (Å²) in [5, 5.41) is 1.44. The SMILES string of the molecule is COC(CBr)OC.COC(CBr)OC. The number of hydrogen-bond acceptors (Lipinski definition) is 4. The average molecular weight is 338 g/mol. The number of hydrogen-bond donors (Lipinski definition) is 0. The largest absolute Gasteiger partial charge is 0.355 e. The van der Waals surface area contributed by atoms with Crippen LogP contribution < -0.4 is 0 Å². The van der Waals surface area contributed by atoms with Gasteiger partial charge in [-0.1, -0.05) is 31.9 Å². The van der Waals surface area contributed by atoms with Crippen LogP contribution >= 0.6 is 31.9 Å². The molecule has 4 nitrogen and oxygen atoms in total. The van der Waals surface area contributed by atoms with Crippen molar-refractivity contribution in [2.45, 2.75) is 12.6 Å². The lowest BCUT2D eigenvalue weighted by Crippen LogP contribution is -2.13. The maximum Gasteiger partial charge on any atom is 0.166 e. The van der Waals surface area contributed by atoms with Gasteiger partial charge in [0.1, 0.15) is 0 Å². The van der Waals surface area contributed by atoms with Crippen molar-refractivity contribution in [2.75, 3.05) is 39.1 Å². The summed E-state index contributed by atoms with van der Waals surface area (Å²) in [6.07, 6.45) is -0.194. The van der Waals surface area contributed by atoms with Crippen molar-refractivity contribution in [1.29, 1.82) is 0 Å². The Hall–Kier alpha value is 0.800. The molecule has 0 bridgehead atoms. The van der Waals surface area contributed by atoms with Crippen LogP contribution in [0.15, 0.2) is 0 Å². The standard InChI is InChI=1S/2C4H9BrO2/c2*1-6-4(3-5)7-2/h2*4H,3H2,1-2H3. The fraction of sp³-hybridized carbons (Fsp3) is 1.00. The molecule has 0 aromatic heterocycles. The van der Waals surface area contributed by atoms with Crippen molar-refractivity contribution in [3.05, 3.63) is 0 Å². The first-order chi connectivity index (χ1) is 6.69. The number of ether oxygens (including phenoxy) is 4. The number of alkyl halides is 2. The summed E-state index contributed by atoms with van der Waals surface area (Å²) < 4.78 is 19.1. The third-order valence-electron chi connectivity index (χ3n) is 1.30. The molecule has 0 N–H and O–H groups in total. The van der Waals surface area contributed by atoms with E-state index in [1.54, 1.807) is 28.4 Å². The van der Waals surface area contributed by atoms with Crippen LogP contribution in [-0.2, 0) is 18.9 Å². The minimum atomic E-state index is -0.0972. The molecule has 88 valence electrons. The van der Waals surface area contributed by atoms with Gasteiger partial charge < -0.3 is 18.9 Å². The predicted molar refractivity (Wildman–Crippen MR) is 63.2 cm³/mol. The summed E-state index contributed by atoms with van der Waals surface area (Å²) in [6, 6.07) is 0. The highest BCUT2D eigenvalue weighted by Crippen LogP contribution is 1.94. The summed E-state index contributed by atoms with van der Waals surface area (Å²) in [5.74, 6) is 0. The summed E-state index contributed by atoms with van der Waals surface area (Å²) >= 11 is 6.37. The van der Waals surface area contributed by atoms with Gasteiger partial charge in [0.2, 0.25) is 0 Å². The van der Waals surface area contributed by atoms with E-state index in [1.165, 1.54) is 0 Å². The average Bonchev–Trinajstić information content (AvgIpc) is 2.24. The van der Waals surface area contributed by atoms with E-state index in [2.05, 4.69) is 31.9 Å². The van der Waals surface area contributed by atoms with Crippen LogP contribution in [0.25, 0.3) is 0 Å². The lowest BCUT2D eigenvalue weighted by molar-refractivity contribution is -0.0836. The third-order valence-corrected chi connectivity index (χ3v) is 2.36. The van der Waals surface area contributed by atoms with Crippen molar-refractivity contribution in [3.8, 4) is 0 Å². The van der Waals surface area contributed by atoms with Crippen molar-refractivity contribution >= 4 is 31.9 Å². The van der Waals surface area contributed by atoms with Gasteiger partial charge >= 0.3 is 0 Å². The maximum atomic E-state index is 4.78. The van der Waals surface area contributed by atoms with Gasteiger partial charge in [0, 0.05) is 28.4 Å². The van der Waals surface area contributed by atoms with Crippen molar-refractivity contribution in [3.63, 3.8) is 0 Å². The van der Waals surface area contributed by atoms with E-state index in [1.807, 2.05) is 0 Å². The van der Waals surface area contributed by atoms with Crippen LogP contribution in [0.3, 0.4) is 0 Å². The van der Waals surface area contributed by atoms with Gasteiger partial charge in [-0.2, -0.15) is 0 Å². The Labute approximate surface area is 102 Å². The molecule has 0 unspecified atom stereocenters. The van der Waals surface area contributed by atoms with Gasteiger partial charge in [-0.25, -0.2) is 0 Å². The Morgan fingerprint density at radius 3 is 0.929 bits per heavy atom. The first-order valence-corrected chi connectivity index (χ1v) is 6.17. The zero-order valence-corrected chi connectivity index (χ0v) is 12.1. The second kappa shape index (κ2) is 13.8. The summed E-state index contributed by atoms with van der Waals surface area (Å²) in [4.78, 5) is 0. The summed E-state index contributed by atoms with van der Waals surface area (Å²) in [5.41, 5.74) is 0. The first-order valence-electron chi connectivity index (χ1n) is 3.93. The van der Waals surface area contributed by atoms with Gasteiger partial charge in [0.05, 0.1) is 10.7 Å². The molecule has 0 amide bonds. The van der Waals surface area contributed by atoms with Crippen molar-refractivity contribution in [1.82, 2.24) is 0 Å². The molecule has 0 rings (SSSR count). The molecular weight excluding hydrogens is 320 g/mol. The minimum absolute atomic E-state index is 0.0972. The molecular formula is C8H18Br2O4. The fourth-order valence-electron chi connectivity index (χ4n) is 0.444. The topological polar surface area (TPSA) is 36.9 Å². The molecule has 0 radical (unpaired) electrons. The van der Waals surface area contributed by atoms with Crippen LogP contribution in [-0.4, -0.2) is 51.7 Å². The highest BCUT2D eigenvalue weighted by molar-refractivity contribution is 9.09. The summed E-state index contributed by atoms with van der Waals surface area (Å²) in [6.45, 7) is 0.